The molecule has 0 aliphatic carbocycles. The number of rotatable bonds is 5. The molecule has 1 aromatic rings. The van der Waals surface area contributed by atoms with E-state index in [1.807, 2.05) is 6.92 Å². The molecule has 0 spiro atoms. The van der Waals surface area contributed by atoms with E-state index in [0.29, 0.717) is 12.1 Å². The van der Waals surface area contributed by atoms with Crippen LogP contribution in [0.2, 0.25) is 0 Å². The average Bonchev–Trinajstić information content (AvgIpc) is 2.18. The Morgan fingerprint density at radius 3 is 2.67 bits per heavy atom. The third kappa shape index (κ3) is 3.85. The molecule has 1 aromatic carbocycles. The average molecular weight is 213 g/mol. The van der Waals surface area contributed by atoms with Crippen LogP contribution in [-0.2, 0) is 6.54 Å². The molecule has 3 N–H and O–H groups in total. The van der Waals surface area contributed by atoms with Crippen LogP contribution in [0.25, 0.3) is 0 Å². The van der Waals surface area contributed by atoms with Gasteiger partial charge in [0, 0.05) is 18.7 Å². The molecule has 1 atom stereocenters. The van der Waals surface area contributed by atoms with Crippen LogP contribution in [0.5, 0.6) is 5.75 Å². The first-order valence-electron chi connectivity index (χ1n) is 4.98. The lowest BCUT2D eigenvalue weighted by atomic mass is 10.2. The van der Waals surface area contributed by atoms with Crippen molar-refractivity contribution in [2.45, 2.75) is 25.9 Å². The Morgan fingerprint density at radius 2 is 2.13 bits per heavy atom. The van der Waals surface area contributed by atoms with E-state index < -0.39 is 5.82 Å². The zero-order chi connectivity index (χ0) is 11.3. The second-order valence-electron chi connectivity index (χ2n) is 3.49. The summed E-state index contributed by atoms with van der Waals surface area (Å²) in [6.07, 6.45) is 0.803. The largest absolute Gasteiger partial charge is 0.508 e. The SMILES string of the molecule is CCC(CO)NCc1cc(O)cc(F)c1. The second kappa shape index (κ2) is 5.68. The lowest BCUT2D eigenvalue weighted by Gasteiger charge is -2.13. The first kappa shape index (κ1) is 11.9. The number of hydrogen-bond donors (Lipinski definition) is 3. The molecule has 3 nitrogen and oxygen atoms in total. The number of phenols is 1. The molecule has 0 aliphatic rings. The van der Waals surface area contributed by atoms with Gasteiger partial charge in [-0.05, 0) is 24.1 Å². The molecule has 0 amide bonds. The molecule has 0 aromatic heterocycles. The van der Waals surface area contributed by atoms with Crippen LogP contribution < -0.4 is 5.32 Å². The van der Waals surface area contributed by atoms with Crippen LogP contribution in [0.15, 0.2) is 18.2 Å². The molecular weight excluding hydrogens is 197 g/mol. The van der Waals surface area contributed by atoms with Gasteiger partial charge < -0.3 is 15.5 Å². The van der Waals surface area contributed by atoms with Crippen molar-refractivity contribution in [2.75, 3.05) is 6.61 Å². The number of aliphatic hydroxyl groups excluding tert-OH is 1. The fraction of sp³-hybridized carbons (Fsp3) is 0.455. The highest BCUT2D eigenvalue weighted by molar-refractivity contribution is 5.28. The Hall–Kier alpha value is -1.13. The summed E-state index contributed by atoms with van der Waals surface area (Å²) < 4.78 is 12.9. The van der Waals surface area contributed by atoms with Crippen LogP contribution in [0.1, 0.15) is 18.9 Å². The van der Waals surface area contributed by atoms with Crippen molar-refractivity contribution >= 4 is 0 Å². The van der Waals surface area contributed by atoms with Crippen molar-refractivity contribution in [3.05, 3.63) is 29.6 Å². The minimum atomic E-state index is -0.455. The van der Waals surface area contributed by atoms with E-state index in [0.717, 1.165) is 12.5 Å². The first-order valence-corrected chi connectivity index (χ1v) is 4.98. The van der Waals surface area contributed by atoms with Crippen LogP contribution in [0, 0.1) is 5.82 Å². The van der Waals surface area contributed by atoms with Crippen molar-refractivity contribution in [1.29, 1.82) is 0 Å². The number of aliphatic hydroxyl groups is 1. The summed E-state index contributed by atoms with van der Waals surface area (Å²) in [6, 6.07) is 3.93. The van der Waals surface area contributed by atoms with Gasteiger partial charge in [0.15, 0.2) is 0 Å². The monoisotopic (exact) mass is 213 g/mol. The highest BCUT2D eigenvalue weighted by Crippen LogP contribution is 2.14. The minimum absolute atomic E-state index is 0.00964. The van der Waals surface area contributed by atoms with Gasteiger partial charge in [-0.3, -0.25) is 0 Å². The fourth-order valence-corrected chi connectivity index (χ4v) is 1.34. The van der Waals surface area contributed by atoms with Gasteiger partial charge in [0.25, 0.3) is 0 Å². The van der Waals surface area contributed by atoms with E-state index >= 15 is 0 Å². The molecule has 0 heterocycles. The zero-order valence-corrected chi connectivity index (χ0v) is 8.70. The van der Waals surface area contributed by atoms with Gasteiger partial charge in [-0.15, -0.1) is 0 Å². The number of aromatic hydroxyl groups is 1. The highest BCUT2D eigenvalue weighted by atomic mass is 19.1. The van der Waals surface area contributed by atoms with E-state index in [9.17, 15) is 4.39 Å². The van der Waals surface area contributed by atoms with Gasteiger partial charge in [0.1, 0.15) is 11.6 Å². The highest BCUT2D eigenvalue weighted by Gasteiger charge is 2.04. The molecule has 15 heavy (non-hydrogen) atoms. The van der Waals surface area contributed by atoms with Crippen LogP contribution in [0.4, 0.5) is 4.39 Å². The standard InChI is InChI=1S/C11H16FNO2/c1-2-10(7-14)13-6-8-3-9(12)5-11(15)4-8/h3-5,10,13-15H,2,6-7H2,1H3. The lowest BCUT2D eigenvalue weighted by Crippen LogP contribution is -2.31. The van der Waals surface area contributed by atoms with Crippen molar-refractivity contribution in [1.82, 2.24) is 5.32 Å². The molecule has 0 radical (unpaired) electrons. The number of hydrogen-bond acceptors (Lipinski definition) is 3. The van der Waals surface area contributed by atoms with Gasteiger partial charge in [-0.1, -0.05) is 6.92 Å². The fourth-order valence-electron chi connectivity index (χ4n) is 1.34. The molecule has 0 bridgehead atoms. The predicted octanol–water partition coefficient (Wildman–Crippen LogP) is 1.39. The van der Waals surface area contributed by atoms with E-state index in [4.69, 9.17) is 10.2 Å². The van der Waals surface area contributed by atoms with Crippen molar-refractivity contribution < 1.29 is 14.6 Å². The maximum atomic E-state index is 12.9. The number of halogens is 1. The summed E-state index contributed by atoms with van der Waals surface area (Å²) in [7, 11) is 0. The van der Waals surface area contributed by atoms with Crippen molar-refractivity contribution in [3.63, 3.8) is 0 Å². The van der Waals surface area contributed by atoms with Gasteiger partial charge in [-0.2, -0.15) is 0 Å². The molecule has 0 saturated heterocycles. The lowest BCUT2D eigenvalue weighted by molar-refractivity contribution is 0.238. The summed E-state index contributed by atoms with van der Waals surface area (Å²) >= 11 is 0. The molecule has 1 rings (SSSR count). The normalized spacial score (nSPS) is 12.7. The van der Waals surface area contributed by atoms with E-state index in [2.05, 4.69) is 5.32 Å². The molecule has 0 aliphatic heterocycles. The molecule has 84 valence electrons. The summed E-state index contributed by atoms with van der Waals surface area (Å²) in [4.78, 5) is 0. The van der Waals surface area contributed by atoms with Crippen molar-refractivity contribution in [2.24, 2.45) is 0 Å². The van der Waals surface area contributed by atoms with Crippen LogP contribution >= 0.6 is 0 Å². The molecule has 0 fully saturated rings. The Bertz CT molecular complexity index is 293. The van der Waals surface area contributed by atoms with Gasteiger partial charge in [0.05, 0.1) is 6.61 Å². The summed E-state index contributed by atoms with van der Waals surface area (Å²) in [6.45, 7) is 2.44. The van der Waals surface area contributed by atoms with Gasteiger partial charge in [-0.25, -0.2) is 4.39 Å². The molecule has 1 unspecified atom stereocenters. The number of nitrogens with one attached hydrogen (secondary N) is 1. The number of phenolic OH excluding ortho intramolecular Hbond substituents is 1. The van der Waals surface area contributed by atoms with Gasteiger partial charge >= 0.3 is 0 Å². The maximum Gasteiger partial charge on any atom is 0.127 e. The topological polar surface area (TPSA) is 52.5 Å². The predicted molar refractivity (Wildman–Crippen MR) is 56.1 cm³/mol. The smallest absolute Gasteiger partial charge is 0.127 e. The summed E-state index contributed by atoms with van der Waals surface area (Å²) in [5.41, 5.74) is 0.666. The Morgan fingerprint density at radius 1 is 1.40 bits per heavy atom. The Labute approximate surface area is 88.6 Å². The quantitative estimate of drug-likeness (QED) is 0.692. The third-order valence-electron chi connectivity index (χ3n) is 2.25. The molecule has 0 saturated carbocycles. The second-order valence-corrected chi connectivity index (χ2v) is 3.49. The number of benzene rings is 1. The Kier molecular flexibility index (Phi) is 4.52. The van der Waals surface area contributed by atoms with Crippen LogP contribution in [-0.4, -0.2) is 22.9 Å². The molecular formula is C11H16FNO2. The maximum absolute atomic E-state index is 12.9. The Balaban J connectivity index is 2.57. The summed E-state index contributed by atoms with van der Waals surface area (Å²) in [5.74, 6) is -0.535. The first-order chi connectivity index (χ1) is 7.15. The van der Waals surface area contributed by atoms with E-state index in [1.165, 1.54) is 12.1 Å². The van der Waals surface area contributed by atoms with Crippen LogP contribution in [0.3, 0.4) is 0 Å². The zero-order valence-electron chi connectivity index (χ0n) is 8.70. The molecule has 4 heteroatoms. The van der Waals surface area contributed by atoms with E-state index in [-0.39, 0.29) is 18.4 Å². The van der Waals surface area contributed by atoms with Crippen molar-refractivity contribution in [3.8, 4) is 5.75 Å². The van der Waals surface area contributed by atoms with Gasteiger partial charge in [0.2, 0.25) is 0 Å². The van der Waals surface area contributed by atoms with E-state index in [1.54, 1.807) is 0 Å². The summed E-state index contributed by atoms with van der Waals surface area (Å²) in [5, 5.41) is 21.1. The minimum Gasteiger partial charge on any atom is -0.508 e. The third-order valence-corrected chi connectivity index (χ3v) is 2.25.